The van der Waals surface area contributed by atoms with Crippen molar-refractivity contribution in [2.24, 2.45) is 30.2 Å². The Labute approximate surface area is 197 Å². The lowest BCUT2D eigenvalue weighted by molar-refractivity contribution is -0.210. The molecule has 3 aliphatic rings. The molecule has 1 N–H and O–H groups in total. The van der Waals surface area contributed by atoms with Gasteiger partial charge in [-0.15, -0.1) is 0 Å². The maximum atomic E-state index is 15.3. The molecule has 1 amide bonds. The third kappa shape index (κ3) is 3.27. The average molecular weight is 502 g/mol. The number of hydrogen-bond donors (Lipinski definition) is 1. The lowest BCUT2D eigenvalue weighted by Gasteiger charge is -2.23. The number of likely N-dealkylation sites (tertiary alicyclic amines) is 1. The van der Waals surface area contributed by atoms with Crippen LogP contribution in [0.5, 0.6) is 0 Å². The number of carbonyl (C=O) groups is 1. The van der Waals surface area contributed by atoms with E-state index in [4.69, 9.17) is 0 Å². The van der Waals surface area contributed by atoms with Crippen LogP contribution in [-0.4, -0.2) is 61.3 Å². The van der Waals surface area contributed by atoms with Crippen LogP contribution in [0.2, 0.25) is 0 Å². The molecule has 7 nitrogen and oxygen atoms in total. The Balaban J connectivity index is 1.46. The van der Waals surface area contributed by atoms with Crippen LogP contribution in [-0.2, 0) is 23.8 Å². The second kappa shape index (κ2) is 7.04. The van der Waals surface area contributed by atoms with Crippen molar-refractivity contribution >= 4 is 17.1 Å². The van der Waals surface area contributed by atoms with Crippen molar-refractivity contribution in [3.05, 3.63) is 28.3 Å². The summed E-state index contributed by atoms with van der Waals surface area (Å²) in [5.74, 6) is -6.92. The highest BCUT2D eigenvalue weighted by atomic mass is 19.4. The fraction of sp³-hybridized carbons (Fsp3) is 0.696. The Morgan fingerprint density at radius 3 is 2.49 bits per heavy atom. The normalized spacial score (nSPS) is 30.5. The van der Waals surface area contributed by atoms with Crippen molar-refractivity contribution in [3.63, 3.8) is 0 Å². The zero-order valence-electron chi connectivity index (χ0n) is 19.7. The van der Waals surface area contributed by atoms with E-state index in [0.717, 1.165) is 4.90 Å². The van der Waals surface area contributed by atoms with E-state index in [1.165, 1.54) is 10.6 Å². The van der Waals surface area contributed by atoms with Crippen molar-refractivity contribution < 1.29 is 31.9 Å². The quantitative estimate of drug-likeness (QED) is 0.655. The molecule has 12 heteroatoms. The second-order valence-electron chi connectivity index (χ2n) is 11.4. The number of rotatable bonds is 3. The van der Waals surface area contributed by atoms with Crippen LogP contribution in [0.3, 0.4) is 0 Å². The van der Waals surface area contributed by atoms with Gasteiger partial charge in [-0.3, -0.25) is 13.9 Å². The summed E-state index contributed by atoms with van der Waals surface area (Å²) in [5.41, 5.74) is -1.06. The highest BCUT2D eigenvalue weighted by Gasteiger charge is 2.88. The largest absolute Gasteiger partial charge is 0.423 e. The topological polar surface area (TPSA) is 80.4 Å². The first kappa shape index (κ1) is 24.2. The van der Waals surface area contributed by atoms with Gasteiger partial charge in [0.1, 0.15) is 0 Å². The van der Waals surface area contributed by atoms with Crippen LogP contribution in [0.15, 0.2) is 16.9 Å². The molecule has 35 heavy (non-hydrogen) atoms. The van der Waals surface area contributed by atoms with Crippen LogP contribution in [0.4, 0.5) is 22.0 Å². The Hall–Kier alpha value is -2.50. The maximum absolute atomic E-state index is 15.3. The maximum Gasteiger partial charge on any atom is 0.423 e. The molecule has 2 saturated carbocycles. The van der Waals surface area contributed by atoms with Gasteiger partial charge in [0.15, 0.2) is 5.65 Å². The molecular weight excluding hydrogens is 475 g/mol. The van der Waals surface area contributed by atoms with Crippen LogP contribution in [0.25, 0.3) is 11.2 Å². The summed E-state index contributed by atoms with van der Waals surface area (Å²) < 4.78 is 71.7. The summed E-state index contributed by atoms with van der Waals surface area (Å²) in [7, 11) is 1.54. The van der Waals surface area contributed by atoms with Crippen LogP contribution in [0, 0.1) is 23.2 Å². The molecule has 2 aromatic rings. The molecule has 0 radical (unpaired) electrons. The number of aromatic nitrogens is 3. The number of fused-ring (bicyclic) bond motifs is 4. The summed E-state index contributed by atoms with van der Waals surface area (Å²) in [4.78, 5) is 30.3. The fourth-order valence-electron chi connectivity index (χ4n) is 6.36. The van der Waals surface area contributed by atoms with E-state index >= 15 is 8.78 Å². The molecule has 3 heterocycles. The van der Waals surface area contributed by atoms with Gasteiger partial charge >= 0.3 is 11.9 Å². The van der Waals surface area contributed by atoms with Gasteiger partial charge in [0.05, 0.1) is 16.6 Å². The molecular formula is C23H27F5N4O3. The molecule has 4 unspecified atom stereocenters. The van der Waals surface area contributed by atoms with Crippen molar-refractivity contribution in [1.82, 2.24) is 19.0 Å². The van der Waals surface area contributed by atoms with Crippen LogP contribution >= 0.6 is 0 Å². The van der Waals surface area contributed by atoms with Crippen LogP contribution < -0.4 is 5.69 Å². The lowest BCUT2D eigenvalue weighted by atomic mass is 9.91. The average Bonchev–Trinajstić information content (AvgIpc) is 3.10. The number of aliphatic hydroxyl groups is 1. The minimum atomic E-state index is -5.11. The monoisotopic (exact) mass is 502 g/mol. The molecule has 5 atom stereocenters. The number of aliphatic hydroxyl groups excluding tert-OH is 1. The Morgan fingerprint density at radius 1 is 1.23 bits per heavy atom. The first-order valence-electron chi connectivity index (χ1n) is 11.5. The van der Waals surface area contributed by atoms with E-state index in [9.17, 15) is 27.9 Å². The number of hydrogen-bond acceptors (Lipinski definition) is 4. The number of alkyl halides is 5. The van der Waals surface area contributed by atoms with Crippen molar-refractivity contribution in [2.75, 3.05) is 13.1 Å². The van der Waals surface area contributed by atoms with E-state index in [1.807, 2.05) is 20.8 Å². The van der Waals surface area contributed by atoms with Gasteiger partial charge in [-0.2, -0.15) is 13.2 Å². The van der Waals surface area contributed by atoms with Gasteiger partial charge in [-0.25, -0.2) is 18.6 Å². The number of pyridine rings is 1. The molecule has 5 rings (SSSR count). The molecule has 1 aliphatic heterocycles. The SMILES string of the molecule is Cn1c(=O)n(CC(C)(C)C)c2ccc(C34CC5CN(C(=O)[C@H](O)C(F)(F)F)CC5C3C4(F)F)nc21. The molecule has 2 aromatic heterocycles. The number of amides is 1. The number of carbonyl (C=O) groups excluding carboxylic acids is 1. The number of imidazole rings is 1. The summed E-state index contributed by atoms with van der Waals surface area (Å²) in [6.45, 7) is 5.98. The van der Waals surface area contributed by atoms with Crippen LogP contribution in [0.1, 0.15) is 32.9 Å². The summed E-state index contributed by atoms with van der Waals surface area (Å²) in [6, 6.07) is 3.15. The highest BCUT2D eigenvalue weighted by molar-refractivity contribution is 5.82. The smallest absolute Gasteiger partial charge is 0.376 e. The van der Waals surface area contributed by atoms with Gasteiger partial charge in [0, 0.05) is 32.6 Å². The number of halogens is 5. The van der Waals surface area contributed by atoms with Gasteiger partial charge in [-0.05, 0) is 35.8 Å². The Bertz CT molecular complexity index is 1280. The Kier molecular flexibility index (Phi) is 4.87. The van der Waals surface area contributed by atoms with E-state index < -0.39 is 47.3 Å². The Morgan fingerprint density at radius 2 is 1.89 bits per heavy atom. The van der Waals surface area contributed by atoms with Gasteiger partial charge in [-0.1, -0.05) is 20.8 Å². The predicted molar refractivity (Wildman–Crippen MR) is 115 cm³/mol. The van der Waals surface area contributed by atoms with Crippen molar-refractivity contribution in [3.8, 4) is 0 Å². The first-order chi connectivity index (χ1) is 16.0. The van der Waals surface area contributed by atoms with E-state index in [2.05, 4.69) is 4.98 Å². The molecule has 2 aliphatic carbocycles. The zero-order chi connectivity index (χ0) is 25.9. The molecule has 192 valence electrons. The van der Waals surface area contributed by atoms with E-state index in [1.54, 1.807) is 17.7 Å². The zero-order valence-corrected chi connectivity index (χ0v) is 19.7. The summed E-state index contributed by atoms with van der Waals surface area (Å²) in [5, 5.41) is 9.30. The van der Waals surface area contributed by atoms with E-state index in [-0.39, 0.29) is 36.3 Å². The minimum Gasteiger partial charge on any atom is -0.376 e. The lowest BCUT2D eigenvalue weighted by Crippen LogP contribution is -2.46. The third-order valence-electron chi connectivity index (χ3n) is 7.86. The first-order valence-corrected chi connectivity index (χ1v) is 11.5. The second-order valence-corrected chi connectivity index (χ2v) is 11.4. The molecule has 3 fully saturated rings. The van der Waals surface area contributed by atoms with Gasteiger partial charge in [0.25, 0.3) is 11.8 Å². The number of nitrogens with zero attached hydrogens (tertiary/aromatic N) is 4. The van der Waals surface area contributed by atoms with E-state index in [0.29, 0.717) is 17.7 Å². The highest BCUT2D eigenvalue weighted by Crippen LogP contribution is 2.78. The molecule has 0 bridgehead atoms. The van der Waals surface area contributed by atoms with Crippen molar-refractivity contribution in [1.29, 1.82) is 0 Å². The number of aryl methyl sites for hydroxylation is 1. The minimum absolute atomic E-state index is 0.0314. The summed E-state index contributed by atoms with van der Waals surface area (Å²) >= 11 is 0. The van der Waals surface area contributed by atoms with Gasteiger partial charge < -0.3 is 10.0 Å². The van der Waals surface area contributed by atoms with Crippen molar-refractivity contribution in [2.45, 2.75) is 57.4 Å². The molecule has 0 spiro atoms. The third-order valence-corrected chi connectivity index (χ3v) is 7.86. The summed E-state index contributed by atoms with van der Waals surface area (Å²) in [6.07, 6.45) is -8.30. The standard InChI is InChI=1S/C23H27F5N4O3/c1-20(2,3)10-32-13-5-6-14(29-17(13)30(4)19(32)35)21-7-11-8-31(18(34)16(33)23(26,27)28)9-12(11)15(21)22(21,24)25/h5-6,11-12,15-16,33H,7-10H2,1-4H3/t11?,12?,15?,16-,21?/m0/s1. The predicted octanol–water partition coefficient (Wildman–Crippen LogP) is 2.69. The molecule has 1 saturated heterocycles. The molecule has 0 aromatic carbocycles. The van der Waals surface area contributed by atoms with Gasteiger partial charge in [0.2, 0.25) is 6.10 Å². The fourth-order valence-corrected chi connectivity index (χ4v) is 6.36.